The molecule has 1 aliphatic heterocycles. The fourth-order valence-electron chi connectivity index (χ4n) is 2.50. The summed E-state index contributed by atoms with van der Waals surface area (Å²) in [5, 5.41) is 9.37. The Kier molecular flexibility index (Phi) is 3.66. The lowest BCUT2D eigenvalue weighted by molar-refractivity contribution is 0.188. The summed E-state index contributed by atoms with van der Waals surface area (Å²) in [6, 6.07) is 7.68. The van der Waals surface area contributed by atoms with E-state index in [2.05, 4.69) is 4.98 Å². The molecular weight excluding hydrogens is 287 g/mol. The first-order valence-corrected chi connectivity index (χ1v) is 6.93. The molecule has 6 heteroatoms. The zero-order valence-corrected chi connectivity index (χ0v) is 12.0. The van der Waals surface area contributed by atoms with Gasteiger partial charge in [0.15, 0.2) is 0 Å². The third kappa shape index (κ3) is 2.72. The number of carbonyl (C=O) groups is 1. The van der Waals surface area contributed by atoms with Crippen molar-refractivity contribution in [1.29, 1.82) is 0 Å². The van der Waals surface area contributed by atoms with E-state index in [1.54, 1.807) is 31.3 Å². The summed E-state index contributed by atoms with van der Waals surface area (Å²) in [5.74, 6) is 0.0370. The topological polar surface area (TPSA) is 62.7 Å². The highest BCUT2D eigenvalue weighted by molar-refractivity contribution is 5.89. The van der Waals surface area contributed by atoms with E-state index in [0.717, 1.165) is 11.1 Å². The minimum atomic E-state index is -1.03. The van der Waals surface area contributed by atoms with Gasteiger partial charge in [-0.05, 0) is 42.7 Å². The average molecular weight is 302 g/mol. The summed E-state index contributed by atoms with van der Waals surface area (Å²) in [5.41, 5.74) is 2.22. The predicted molar refractivity (Wildman–Crippen MR) is 78.9 cm³/mol. The van der Waals surface area contributed by atoms with Gasteiger partial charge >= 0.3 is 6.09 Å². The minimum Gasteiger partial charge on any atom is -0.474 e. The molecule has 1 aromatic carbocycles. The molecule has 2 heterocycles. The first kappa shape index (κ1) is 14.3. The largest absolute Gasteiger partial charge is 0.474 e. The Morgan fingerprint density at radius 1 is 1.41 bits per heavy atom. The van der Waals surface area contributed by atoms with Gasteiger partial charge in [-0.2, -0.15) is 0 Å². The molecule has 1 atom stereocenters. The Labute approximate surface area is 127 Å². The molecule has 114 valence electrons. The van der Waals surface area contributed by atoms with Crippen LogP contribution in [-0.4, -0.2) is 28.8 Å². The van der Waals surface area contributed by atoms with E-state index in [0.29, 0.717) is 18.0 Å². The normalized spacial score (nSPS) is 16.8. The van der Waals surface area contributed by atoms with Crippen LogP contribution in [0.2, 0.25) is 0 Å². The van der Waals surface area contributed by atoms with E-state index < -0.39 is 6.09 Å². The van der Waals surface area contributed by atoms with Gasteiger partial charge in [-0.25, -0.2) is 14.2 Å². The monoisotopic (exact) mass is 302 g/mol. The molecule has 0 saturated carbocycles. The van der Waals surface area contributed by atoms with Crippen LogP contribution >= 0.6 is 0 Å². The molecule has 0 spiro atoms. The number of benzene rings is 1. The van der Waals surface area contributed by atoms with Crippen LogP contribution in [0.4, 0.5) is 14.9 Å². The number of fused-ring (bicyclic) bond motifs is 1. The number of anilines is 1. The third-order valence-electron chi connectivity index (χ3n) is 3.58. The van der Waals surface area contributed by atoms with E-state index in [9.17, 15) is 14.3 Å². The van der Waals surface area contributed by atoms with Crippen LogP contribution in [0.25, 0.3) is 0 Å². The quantitative estimate of drug-likeness (QED) is 0.926. The smallest absolute Gasteiger partial charge is 0.412 e. The van der Waals surface area contributed by atoms with Crippen molar-refractivity contribution in [2.24, 2.45) is 0 Å². The number of pyridine rings is 1. The molecule has 0 bridgehead atoms. The number of hydrogen-bond acceptors (Lipinski definition) is 3. The Hall–Kier alpha value is -2.63. The molecule has 3 rings (SSSR count). The van der Waals surface area contributed by atoms with Gasteiger partial charge in [0.2, 0.25) is 5.88 Å². The Bertz CT molecular complexity index is 703. The van der Waals surface area contributed by atoms with Crippen LogP contribution in [0.5, 0.6) is 5.88 Å². The Morgan fingerprint density at radius 3 is 2.82 bits per heavy atom. The van der Waals surface area contributed by atoms with Crippen LogP contribution in [0, 0.1) is 5.82 Å². The standard InChI is InChI=1S/C16H15FN2O3/c1-10-9-22-15-14(19(10)16(20)21)7-12(8-18-15)6-11-2-4-13(17)5-3-11/h2-5,7-8,10H,6,9H2,1H3,(H,20,21)/t10-/m0/s1. The number of nitrogens with zero attached hydrogens (tertiary/aromatic N) is 2. The van der Waals surface area contributed by atoms with Crippen molar-refractivity contribution in [2.75, 3.05) is 11.5 Å². The number of rotatable bonds is 2. The summed E-state index contributed by atoms with van der Waals surface area (Å²) < 4.78 is 18.4. The molecule has 1 aromatic heterocycles. The summed E-state index contributed by atoms with van der Waals surface area (Å²) in [6.45, 7) is 2.06. The van der Waals surface area contributed by atoms with Gasteiger partial charge < -0.3 is 9.84 Å². The number of ether oxygens (including phenoxy) is 1. The van der Waals surface area contributed by atoms with E-state index in [-0.39, 0.29) is 18.5 Å². The first-order valence-electron chi connectivity index (χ1n) is 6.93. The number of carboxylic acid groups (broad SMARTS) is 1. The third-order valence-corrected chi connectivity index (χ3v) is 3.58. The van der Waals surface area contributed by atoms with Gasteiger partial charge in [-0.1, -0.05) is 12.1 Å². The first-order chi connectivity index (χ1) is 10.5. The molecular formula is C16H15FN2O3. The summed E-state index contributed by atoms with van der Waals surface area (Å²) in [4.78, 5) is 16.9. The van der Waals surface area contributed by atoms with Crippen molar-refractivity contribution < 1.29 is 19.0 Å². The number of aromatic nitrogens is 1. The van der Waals surface area contributed by atoms with Crippen molar-refractivity contribution >= 4 is 11.8 Å². The fraction of sp³-hybridized carbons (Fsp3) is 0.250. The molecule has 5 nitrogen and oxygen atoms in total. The van der Waals surface area contributed by atoms with Crippen LogP contribution in [0.3, 0.4) is 0 Å². The Balaban J connectivity index is 1.92. The van der Waals surface area contributed by atoms with Gasteiger partial charge in [0, 0.05) is 6.20 Å². The van der Waals surface area contributed by atoms with Crippen LogP contribution in [0.15, 0.2) is 36.5 Å². The van der Waals surface area contributed by atoms with Crippen LogP contribution < -0.4 is 9.64 Å². The zero-order valence-electron chi connectivity index (χ0n) is 12.0. The number of halogens is 1. The highest BCUT2D eigenvalue weighted by atomic mass is 19.1. The number of amides is 1. The lowest BCUT2D eigenvalue weighted by Crippen LogP contribution is -2.44. The summed E-state index contributed by atoms with van der Waals surface area (Å²) >= 11 is 0. The molecule has 0 radical (unpaired) electrons. The maximum absolute atomic E-state index is 12.9. The maximum Gasteiger partial charge on any atom is 0.412 e. The minimum absolute atomic E-state index is 0.270. The fourth-order valence-corrected chi connectivity index (χ4v) is 2.50. The van der Waals surface area contributed by atoms with Crippen molar-refractivity contribution in [1.82, 2.24) is 4.98 Å². The SMILES string of the molecule is C[C@H]1COc2ncc(Cc3ccc(F)cc3)cc2N1C(=O)O. The summed E-state index contributed by atoms with van der Waals surface area (Å²) in [7, 11) is 0. The van der Waals surface area contributed by atoms with E-state index >= 15 is 0 Å². The van der Waals surface area contributed by atoms with Crippen molar-refractivity contribution in [2.45, 2.75) is 19.4 Å². The number of hydrogen-bond donors (Lipinski definition) is 1. The van der Waals surface area contributed by atoms with Gasteiger partial charge in [0.1, 0.15) is 18.1 Å². The maximum atomic E-state index is 12.9. The van der Waals surface area contributed by atoms with E-state index in [1.807, 2.05) is 0 Å². The predicted octanol–water partition coefficient (Wildman–Crippen LogP) is 3.08. The van der Waals surface area contributed by atoms with Crippen molar-refractivity contribution in [3.63, 3.8) is 0 Å². The molecule has 1 amide bonds. The molecule has 2 aromatic rings. The van der Waals surface area contributed by atoms with E-state index in [1.165, 1.54) is 17.0 Å². The Morgan fingerprint density at radius 2 is 2.14 bits per heavy atom. The molecule has 0 aliphatic carbocycles. The summed E-state index contributed by atoms with van der Waals surface area (Å²) in [6.07, 6.45) is 1.17. The van der Waals surface area contributed by atoms with Gasteiger partial charge in [0.05, 0.1) is 6.04 Å². The molecule has 0 fully saturated rings. The average Bonchev–Trinajstić information content (AvgIpc) is 2.49. The highest BCUT2D eigenvalue weighted by Crippen LogP contribution is 2.33. The lowest BCUT2D eigenvalue weighted by Gasteiger charge is -2.32. The molecule has 1 aliphatic rings. The van der Waals surface area contributed by atoms with E-state index in [4.69, 9.17) is 4.74 Å². The zero-order chi connectivity index (χ0) is 15.7. The van der Waals surface area contributed by atoms with Gasteiger partial charge in [-0.15, -0.1) is 0 Å². The lowest BCUT2D eigenvalue weighted by atomic mass is 10.1. The molecule has 0 unspecified atom stereocenters. The van der Waals surface area contributed by atoms with Crippen molar-refractivity contribution in [3.8, 4) is 5.88 Å². The molecule has 22 heavy (non-hydrogen) atoms. The van der Waals surface area contributed by atoms with Gasteiger partial charge in [-0.3, -0.25) is 4.90 Å². The van der Waals surface area contributed by atoms with Crippen LogP contribution in [-0.2, 0) is 6.42 Å². The van der Waals surface area contributed by atoms with Gasteiger partial charge in [0.25, 0.3) is 0 Å². The van der Waals surface area contributed by atoms with Crippen LogP contribution in [0.1, 0.15) is 18.1 Å². The second kappa shape index (κ2) is 5.63. The molecule has 0 saturated heterocycles. The van der Waals surface area contributed by atoms with Crippen molar-refractivity contribution in [3.05, 3.63) is 53.5 Å². The second-order valence-electron chi connectivity index (χ2n) is 5.28. The molecule has 1 N–H and O–H groups in total. The highest BCUT2D eigenvalue weighted by Gasteiger charge is 2.30. The second-order valence-corrected chi connectivity index (χ2v) is 5.28.